The summed E-state index contributed by atoms with van der Waals surface area (Å²) < 4.78 is 48.2. The minimum atomic E-state index is -3.22. The Morgan fingerprint density at radius 1 is 1.05 bits per heavy atom. The number of carbonyl (C=O) groups is 4. The highest BCUT2D eigenvalue weighted by molar-refractivity contribution is 6.08. The molecular weight excluding hydrogens is 745 g/mol. The lowest BCUT2D eigenvalue weighted by Gasteiger charge is -2.46. The van der Waals surface area contributed by atoms with Gasteiger partial charge in [0.25, 0.3) is 5.67 Å². The zero-order valence-electron chi connectivity index (χ0n) is 33.9. The third kappa shape index (κ3) is 8.72. The smallest absolute Gasteiger partial charge is 0.411 e. The van der Waals surface area contributed by atoms with E-state index in [1.807, 2.05) is 0 Å². The van der Waals surface area contributed by atoms with Crippen LogP contribution in [0.4, 0.5) is 9.18 Å². The Labute approximate surface area is 331 Å². The van der Waals surface area contributed by atoms with Crippen molar-refractivity contribution < 1.29 is 52.4 Å². The maximum atomic E-state index is 16.7. The van der Waals surface area contributed by atoms with Crippen molar-refractivity contribution in [1.29, 1.82) is 0 Å². The second-order valence-corrected chi connectivity index (χ2v) is 15.9. The maximum absolute atomic E-state index is 16.7. The van der Waals surface area contributed by atoms with E-state index in [9.17, 15) is 24.3 Å². The summed E-state index contributed by atoms with van der Waals surface area (Å²) in [6, 6.07) is -1.78. The molecule has 2 aromatic rings. The number of nitrogens with zero attached hydrogens (tertiary/aromatic N) is 6. The number of aliphatic hydroxyl groups excluding tert-OH is 1. The van der Waals surface area contributed by atoms with Crippen LogP contribution in [-0.2, 0) is 44.6 Å². The summed E-state index contributed by atoms with van der Waals surface area (Å²) in [5.74, 6) is -0.247. The van der Waals surface area contributed by atoms with Crippen molar-refractivity contribution >= 4 is 23.6 Å². The Bertz CT molecular complexity index is 1850. The number of amides is 1. The van der Waals surface area contributed by atoms with Crippen molar-refractivity contribution in [3.8, 4) is 23.2 Å². The molecule has 5 heterocycles. The van der Waals surface area contributed by atoms with Crippen LogP contribution in [0.5, 0.6) is 0 Å². The fraction of sp³-hybridized carbons (Fsp3) is 0.692. The maximum Gasteiger partial charge on any atom is 0.411 e. The lowest BCUT2D eigenvalue weighted by Crippen LogP contribution is -2.61. The number of ether oxygens (including phenoxy) is 5. The minimum Gasteiger partial charge on any atom is -0.455 e. The summed E-state index contributed by atoms with van der Waals surface area (Å²) >= 11 is 0. The van der Waals surface area contributed by atoms with E-state index in [-0.39, 0.29) is 31.7 Å². The zero-order chi connectivity index (χ0) is 42.0. The summed E-state index contributed by atoms with van der Waals surface area (Å²) in [6.07, 6.45) is 0.0269. The summed E-state index contributed by atoms with van der Waals surface area (Å²) in [5, 5.41) is 19.1. The molecule has 0 spiro atoms. The average molecular weight is 800 g/mol. The molecule has 13 atom stereocenters. The number of halogens is 1. The molecule has 3 unspecified atom stereocenters. The van der Waals surface area contributed by atoms with Crippen molar-refractivity contribution in [2.45, 2.75) is 141 Å². The number of rotatable bonds is 7. The van der Waals surface area contributed by atoms with Gasteiger partial charge >= 0.3 is 12.1 Å². The largest absolute Gasteiger partial charge is 0.455 e. The molecule has 3 aliphatic rings. The van der Waals surface area contributed by atoms with Crippen LogP contribution in [0.1, 0.15) is 74.7 Å². The van der Waals surface area contributed by atoms with E-state index in [4.69, 9.17) is 29.4 Å². The molecule has 0 aliphatic carbocycles. The van der Waals surface area contributed by atoms with Crippen LogP contribution in [0.15, 0.2) is 24.8 Å². The molecular formula is C39H54FN7O10. The number of esters is 1. The number of hydrogen-bond acceptors (Lipinski definition) is 15. The number of aromatic nitrogens is 5. The Morgan fingerprint density at radius 2 is 1.75 bits per heavy atom. The Morgan fingerprint density at radius 3 is 2.40 bits per heavy atom. The fourth-order valence-corrected chi connectivity index (χ4v) is 8.39. The number of methoxy groups -OCH3 is 1. The van der Waals surface area contributed by atoms with Crippen molar-refractivity contribution in [3.63, 3.8) is 0 Å². The van der Waals surface area contributed by atoms with E-state index in [0.717, 1.165) is 6.92 Å². The molecule has 0 radical (unpaired) electrons. The summed E-state index contributed by atoms with van der Waals surface area (Å²) in [5.41, 5.74) is 0.795. The van der Waals surface area contributed by atoms with Crippen LogP contribution in [-0.4, -0.2) is 132 Å². The molecule has 57 heavy (non-hydrogen) atoms. The molecule has 2 aromatic heterocycles. The predicted octanol–water partition coefficient (Wildman–Crippen LogP) is 2.43. The number of carbonyl (C=O) groups excluding carboxylic acids is 4. The summed E-state index contributed by atoms with van der Waals surface area (Å²) in [7, 11) is 1.36. The highest BCUT2D eigenvalue weighted by atomic mass is 19.1. The van der Waals surface area contributed by atoms with Crippen LogP contribution in [0.3, 0.4) is 0 Å². The zero-order valence-corrected chi connectivity index (χ0v) is 33.9. The van der Waals surface area contributed by atoms with Crippen molar-refractivity contribution in [1.82, 2.24) is 29.9 Å². The third-order valence-corrected chi connectivity index (χ3v) is 11.6. The minimum absolute atomic E-state index is 0.0328. The Hall–Kier alpha value is -4.41. The SMILES string of the molecule is CC[C@H]1OC(=O)[C@@](C)(F)C(=O)[C@H](C)[C@@H](O[C@@H]2OC(C)CC(N)C2O)[C@](C)(OC)C[C@@H](C)C(=O)[C@H](C)[C@H]2N(CC#CCn3cc(-c4cnccn4)nn3)C(=O)O[C@]12C. The number of cyclic esters (lactones) is 1. The van der Waals surface area contributed by atoms with Gasteiger partial charge < -0.3 is 34.5 Å². The fourth-order valence-electron chi connectivity index (χ4n) is 8.39. The van der Waals surface area contributed by atoms with Gasteiger partial charge in [-0.15, -0.1) is 5.10 Å². The third-order valence-electron chi connectivity index (χ3n) is 11.6. The number of ketones is 2. The van der Waals surface area contributed by atoms with Gasteiger partial charge in [-0.25, -0.2) is 18.7 Å². The molecule has 3 aliphatic heterocycles. The van der Waals surface area contributed by atoms with E-state index in [1.165, 1.54) is 36.7 Å². The number of fused-ring (bicyclic) bond motifs is 1. The molecule has 3 fully saturated rings. The van der Waals surface area contributed by atoms with Gasteiger partial charge in [0.05, 0.1) is 42.8 Å². The topological polar surface area (TPSA) is 220 Å². The molecule has 5 rings (SSSR count). The molecule has 17 nitrogen and oxygen atoms in total. The number of hydrogen-bond donors (Lipinski definition) is 2. The monoisotopic (exact) mass is 799 g/mol. The first-order chi connectivity index (χ1) is 26.8. The molecule has 18 heteroatoms. The normalized spacial score (nSPS) is 38.1. The first-order valence-corrected chi connectivity index (χ1v) is 19.2. The van der Waals surface area contributed by atoms with E-state index in [1.54, 1.807) is 53.2 Å². The van der Waals surface area contributed by atoms with Crippen molar-refractivity contribution in [2.24, 2.45) is 23.5 Å². The molecule has 0 saturated carbocycles. The van der Waals surface area contributed by atoms with Gasteiger partial charge in [-0.3, -0.25) is 24.5 Å². The first kappa shape index (κ1) is 43.7. The van der Waals surface area contributed by atoms with Crippen LogP contribution < -0.4 is 5.73 Å². The van der Waals surface area contributed by atoms with Gasteiger partial charge in [0, 0.05) is 43.3 Å². The number of Topliss-reactive ketones (excluding diaryl/α,β-unsaturated/α-hetero) is 2. The van der Waals surface area contributed by atoms with Gasteiger partial charge in [-0.2, -0.15) is 0 Å². The number of alkyl halides is 1. The van der Waals surface area contributed by atoms with E-state index in [2.05, 4.69) is 32.1 Å². The second kappa shape index (κ2) is 17.2. The summed E-state index contributed by atoms with van der Waals surface area (Å²) in [4.78, 5) is 65.7. The van der Waals surface area contributed by atoms with Gasteiger partial charge in [0.15, 0.2) is 17.7 Å². The predicted molar refractivity (Wildman–Crippen MR) is 199 cm³/mol. The van der Waals surface area contributed by atoms with Crippen LogP contribution in [0.25, 0.3) is 11.4 Å². The van der Waals surface area contributed by atoms with Crippen LogP contribution in [0, 0.1) is 29.6 Å². The Kier molecular flexibility index (Phi) is 13.2. The van der Waals surface area contributed by atoms with Crippen molar-refractivity contribution in [2.75, 3.05) is 13.7 Å². The van der Waals surface area contributed by atoms with E-state index >= 15 is 4.39 Å². The molecule has 312 valence electrons. The van der Waals surface area contributed by atoms with Crippen LogP contribution in [0.2, 0.25) is 0 Å². The van der Waals surface area contributed by atoms with Gasteiger partial charge in [0.2, 0.25) is 0 Å². The molecule has 0 bridgehead atoms. The quantitative estimate of drug-likeness (QED) is 0.233. The Balaban J connectivity index is 1.49. The highest BCUT2D eigenvalue weighted by Gasteiger charge is 2.61. The number of aliphatic hydroxyl groups is 1. The van der Waals surface area contributed by atoms with Crippen molar-refractivity contribution in [3.05, 3.63) is 24.8 Å². The highest BCUT2D eigenvalue weighted by Crippen LogP contribution is 2.43. The van der Waals surface area contributed by atoms with E-state index < -0.39 is 95.3 Å². The number of nitrogens with two attached hydrogens (primary N) is 1. The molecule has 3 saturated heterocycles. The lowest BCUT2D eigenvalue weighted by atomic mass is 9.73. The molecule has 0 aromatic carbocycles. The molecule has 3 N–H and O–H groups in total. The molecule has 1 amide bonds. The van der Waals surface area contributed by atoms with Gasteiger partial charge in [0.1, 0.15) is 35.9 Å². The average Bonchev–Trinajstić information content (AvgIpc) is 3.76. The second-order valence-electron chi connectivity index (χ2n) is 15.9. The van der Waals surface area contributed by atoms with Gasteiger partial charge in [-0.1, -0.05) is 44.7 Å². The summed E-state index contributed by atoms with van der Waals surface area (Å²) in [6.45, 7) is 11.9. The standard InChI is InChI=1S/C39H54FN7O10/c1-10-28-39(8)31(47(36(52)57-39)16-12-11-15-46-20-27(44-45-46)26-19-42-13-14-43-26)23(4)29(48)21(2)18-37(6,53-9)33(24(5)32(50)38(7,40)35(51)55-28)56-34-30(49)25(41)17-22(3)54-34/h13-14,19-25,28,30-31,33-34,49H,10,15-18,41H2,1-9H3/t21-,22?,23+,24+,25?,28-,30?,31-,33-,34+,37-,38+,39-/m1/s1. The van der Waals surface area contributed by atoms with Gasteiger partial charge in [-0.05, 0) is 47.0 Å². The van der Waals surface area contributed by atoms with Crippen LogP contribution >= 0.6 is 0 Å². The lowest BCUT2D eigenvalue weighted by molar-refractivity contribution is -0.288. The van der Waals surface area contributed by atoms with E-state index in [0.29, 0.717) is 17.8 Å². The first-order valence-electron chi connectivity index (χ1n) is 19.2.